The minimum atomic E-state index is 0.570. The Morgan fingerprint density at radius 3 is 2.86 bits per heavy atom. The molecule has 0 radical (unpaired) electrons. The summed E-state index contributed by atoms with van der Waals surface area (Å²) >= 11 is 5.69. The van der Waals surface area contributed by atoms with Crippen LogP contribution in [0.4, 0.5) is 5.82 Å². The molecule has 0 atom stereocenters. The minimum Gasteiger partial charge on any atom is -0.383 e. The summed E-state index contributed by atoms with van der Waals surface area (Å²) in [5, 5.41) is 0. The fourth-order valence-corrected chi connectivity index (χ4v) is 1.30. The van der Waals surface area contributed by atoms with Gasteiger partial charge >= 0.3 is 0 Å². The first-order chi connectivity index (χ1) is 6.88. The number of ether oxygens (including phenoxy) is 1. The predicted molar refractivity (Wildman–Crippen MR) is 56.8 cm³/mol. The van der Waals surface area contributed by atoms with E-state index < -0.39 is 0 Å². The van der Waals surface area contributed by atoms with Crippen molar-refractivity contribution in [3.63, 3.8) is 0 Å². The van der Waals surface area contributed by atoms with Gasteiger partial charge in [0.1, 0.15) is 5.82 Å². The van der Waals surface area contributed by atoms with Crippen LogP contribution in [0.15, 0.2) is 18.6 Å². The van der Waals surface area contributed by atoms with Crippen molar-refractivity contribution in [1.82, 2.24) is 9.97 Å². The first-order valence-corrected chi connectivity index (χ1v) is 4.97. The summed E-state index contributed by atoms with van der Waals surface area (Å²) in [5.74, 6) is 1.41. The minimum absolute atomic E-state index is 0.570. The molecule has 0 aromatic carbocycles. The number of hydrogen-bond acceptors (Lipinski definition) is 4. The van der Waals surface area contributed by atoms with Crippen LogP contribution in [0, 0.1) is 0 Å². The van der Waals surface area contributed by atoms with E-state index in [9.17, 15) is 0 Å². The third-order valence-corrected chi connectivity index (χ3v) is 1.96. The van der Waals surface area contributed by atoms with Crippen LogP contribution in [0.2, 0.25) is 0 Å². The van der Waals surface area contributed by atoms with Crippen LogP contribution < -0.4 is 4.90 Å². The molecule has 4 nitrogen and oxygen atoms in total. The molecular weight excluding hydrogens is 202 g/mol. The van der Waals surface area contributed by atoms with Crippen molar-refractivity contribution in [3.8, 4) is 0 Å². The van der Waals surface area contributed by atoms with Crippen LogP contribution in [0.1, 0.15) is 0 Å². The Bertz CT molecular complexity index is 245. The number of anilines is 1. The largest absolute Gasteiger partial charge is 0.383 e. The van der Waals surface area contributed by atoms with Crippen molar-refractivity contribution in [2.45, 2.75) is 0 Å². The maximum Gasteiger partial charge on any atom is 0.147 e. The Hall–Kier alpha value is -0.870. The SMILES string of the molecule is COCCN(CCCl)c1cnccn1. The fraction of sp³-hybridized carbons (Fsp3) is 0.556. The molecule has 0 bridgehead atoms. The lowest BCUT2D eigenvalue weighted by Gasteiger charge is -2.21. The van der Waals surface area contributed by atoms with Gasteiger partial charge in [-0.05, 0) is 0 Å². The number of rotatable bonds is 6. The number of halogens is 1. The molecule has 14 heavy (non-hydrogen) atoms. The molecule has 0 saturated heterocycles. The summed E-state index contributed by atoms with van der Waals surface area (Å²) in [7, 11) is 1.68. The highest BCUT2D eigenvalue weighted by molar-refractivity contribution is 6.18. The molecule has 0 unspecified atom stereocenters. The van der Waals surface area contributed by atoms with Gasteiger partial charge in [-0.2, -0.15) is 0 Å². The van der Waals surface area contributed by atoms with E-state index >= 15 is 0 Å². The van der Waals surface area contributed by atoms with Gasteiger partial charge in [0.25, 0.3) is 0 Å². The van der Waals surface area contributed by atoms with Gasteiger partial charge in [0.15, 0.2) is 0 Å². The fourth-order valence-electron chi connectivity index (χ4n) is 1.10. The number of methoxy groups -OCH3 is 1. The maximum absolute atomic E-state index is 5.69. The molecular formula is C9H14ClN3O. The molecule has 0 amide bonds. The smallest absolute Gasteiger partial charge is 0.147 e. The van der Waals surface area contributed by atoms with Gasteiger partial charge in [0.05, 0.1) is 12.8 Å². The lowest BCUT2D eigenvalue weighted by atomic mass is 10.5. The first kappa shape index (κ1) is 11.2. The second-order valence-electron chi connectivity index (χ2n) is 2.73. The molecule has 1 heterocycles. The van der Waals surface area contributed by atoms with Gasteiger partial charge in [0, 0.05) is 38.5 Å². The zero-order valence-corrected chi connectivity index (χ0v) is 8.94. The molecule has 0 fully saturated rings. The van der Waals surface area contributed by atoms with E-state index in [1.165, 1.54) is 0 Å². The summed E-state index contributed by atoms with van der Waals surface area (Å²) in [6, 6.07) is 0. The summed E-state index contributed by atoms with van der Waals surface area (Å²) in [5.41, 5.74) is 0. The third kappa shape index (κ3) is 3.47. The Kier molecular flexibility index (Phi) is 5.25. The molecule has 1 aromatic heterocycles. The topological polar surface area (TPSA) is 38.2 Å². The Labute approximate surface area is 88.9 Å². The number of nitrogens with zero attached hydrogens (tertiary/aromatic N) is 3. The Morgan fingerprint density at radius 2 is 2.29 bits per heavy atom. The van der Waals surface area contributed by atoms with Crippen molar-refractivity contribution in [2.75, 3.05) is 37.6 Å². The highest BCUT2D eigenvalue weighted by Crippen LogP contribution is 2.06. The van der Waals surface area contributed by atoms with Gasteiger partial charge in [-0.15, -0.1) is 11.6 Å². The van der Waals surface area contributed by atoms with Crippen LogP contribution in [-0.2, 0) is 4.74 Å². The molecule has 1 rings (SSSR count). The lowest BCUT2D eigenvalue weighted by Crippen LogP contribution is -2.29. The summed E-state index contributed by atoms with van der Waals surface area (Å²) in [4.78, 5) is 10.3. The number of hydrogen-bond donors (Lipinski definition) is 0. The van der Waals surface area contributed by atoms with Crippen molar-refractivity contribution < 1.29 is 4.74 Å². The van der Waals surface area contributed by atoms with E-state index in [-0.39, 0.29) is 0 Å². The summed E-state index contributed by atoms with van der Waals surface area (Å²) in [6.45, 7) is 2.19. The quantitative estimate of drug-likeness (QED) is 0.668. The number of aromatic nitrogens is 2. The highest BCUT2D eigenvalue weighted by atomic mass is 35.5. The summed E-state index contributed by atoms with van der Waals surface area (Å²) < 4.78 is 5.01. The second kappa shape index (κ2) is 6.56. The van der Waals surface area contributed by atoms with Gasteiger partial charge in [0.2, 0.25) is 0 Å². The van der Waals surface area contributed by atoms with Crippen LogP contribution in [0.5, 0.6) is 0 Å². The van der Waals surface area contributed by atoms with Crippen LogP contribution in [0.25, 0.3) is 0 Å². The Morgan fingerprint density at radius 1 is 1.43 bits per heavy atom. The van der Waals surface area contributed by atoms with Gasteiger partial charge in [-0.1, -0.05) is 0 Å². The molecule has 0 spiro atoms. The first-order valence-electron chi connectivity index (χ1n) is 4.44. The molecule has 78 valence electrons. The molecule has 0 N–H and O–H groups in total. The zero-order chi connectivity index (χ0) is 10.2. The van der Waals surface area contributed by atoms with E-state index in [0.717, 1.165) is 18.9 Å². The monoisotopic (exact) mass is 215 g/mol. The van der Waals surface area contributed by atoms with Crippen molar-refractivity contribution in [2.24, 2.45) is 0 Å². The molecule has 0 aliphatic carbocycles. The van der Waals surface area contributed by atoms with Crippen molar-refractivity contribution >= 4 is 17.4 Å². The summed E-state index contributed by atoms with van der Waals surface area (Å²) in [6.07, 6.45) is 5.05. The molecule has 0 aliphatic rings. The number of alkyl halides is 1. The van der Waals surface area contributed by atoms with E-state index in [1.54, 1.807) is 25.7 Å². The van der Waals surface area contributed by atoms with Crippen LogP contribution in [-0.4, -0.2) is 42.7 Å². The van der Waals surface area contributed by atoms with E-state index in [4.69, 9.17) is 16.3 Å². The normalized spacial score (nSPS) is 10.1. The van der Waals surface area contributed by atoms with Gasteiger partial charge in [-0.25, -0.2) is 4.98 Å². The zero-order valence-electron chi connectivity index (χ0n) is 8.19. The van der Waals surface area contributed by atoms with E-state index in [0.29, 0.717) is 12.5 Å². The lowest BCUT2D eigenvalue weighted by molar-refractivity contribution is 0.205. The molecule has 1 aromatic rings. The maximum atomic E-state index is 5.69. The van der Waals surface area contributed by atoms with Crippen LogP contribution >= 0.6 is 11.6 Å². The van der Waals surface area contributed by atoms with E-state index in [2.05, 4.69) is 9.97 Å². The third-order valence-electron chi connectivity index (χ3n) is 1.79. The molecule has 5 heteroatoms. The van der Waals surface area contributed by atoms with Gasteiger partial charge in [-0.3, -0.25) is 4.98 Å². The molecule has 0 aliphatic heterocycles. The van der Waals surface area contributed by atoms with E-state index in [1.807, 2.05) is 4.90 Å². The second-order valence-corrected chi connectivity index (χ2v) is 3.11. The standard InChI is InChI=1S/C9H14ClN3O/c1-14-7-6-13(5-2-10)9-8-11-3-4-12-9/h3-4,8H,2,5-7H2,1H3. The average molecular weight is 216 g/mol. The van der Waals surface area contributed by atoms with Crippen molar-refractivity contribution in [3.05, 3.63) is 18.6 Å². The molecule has 0 saturated carbocycles. The predicted octanol–water partition coefficient (Wildman–Crippen LogP) is 1.17. The van der Waals surface area contributed by atoms with Gasteiger partial charge < -0.3 is 9.64 Å². The van der Waals surface area contributed by atoms with Crippen LogP contribution in [0.3, 0.4) is 0 Å². The van der Waals surface area contributed by atoms with Crippen molar-refractivity contribution in [1.29, 1.82) is 0 Å². The Balaban J connectivity index is 2.58. The average Bonchev–Trinajstić information content (AvgIpc) is 2.25. The highest BCUT2D eigenvalue weighted by Gasteiger charge is 2.05.